The largest absolute Gasteiger partial charge is 0.502 e. The van der Waals surface area contributed by atoms with Gasteiger partial charge in [0.15, 0.2) is 11.5 Å². The van der Waals surface area contributed by atoms with Crippen LogP contribution >= 0.6 is 0 Å². The van der Waals surface area contributed by atoms with Gasteiger partial charge in [-0.25, -0.2) is 0 Å². The zero-order valence-electron chi connectivity index (χ0n) is 20.2. The summed E-state index contributed by atoms with van der Waals surface area (Å²) in [6, 6.07) is 21.4. The monoisotopic (exact) mass is 474 g/mol. The van der Waals surface area contributed by atoms with E-state index in [4.69, 9.17) is 9.47 Å². The number of phenolic OH excluding ortho intramolecular Hbond substituents is 1. The fraction of sp³-hybridized carbons (Fsp3) is 0.214. The summed E-state index contributed by atoms with van der Waals surface area (Å²) < 4.78 is 10.4. The number of carbonyl (C=O) groups is 2. The first-order chi connectivity index (χ1) is 16.8. The van der Waals surface area contributed by atoms with Crippen LogP contribution in [0.4, 0.5) is 0 Å². The summed E-state index contributed by atoms with van der Waals surface area (Å²) >= 11 is 0. The molecule has 0 aliphatic rings. The fourth-order valence-electron chi connectivity index (χ4n) is 3.60. The summed E-state index contributed by atoms with van der Waals surface area (Å²) in [5.74, 6) is -0.926. The van der Waals surface area contributed by atoms with Gasteiger partial charge in [0.25, 0.3) is 11.8 Å². The van der Waals surface area contributed by atoms with Crippen molar-refractivity contribution in [2.45, 2.75) is 25.9 Å². The Hall–Kier alpha value is -4.26. The Labute approximate surface area is 205 Å². The number of phenols is 1. The van der Waals surface area contributed by atoms with Gasteiger partial charge >= 0.3 is 0 Å². The van der Waals surface area contributed by atoms with Crippen LogP contribution in [0.25, 0.3) is 6.08 Å². The SMILES string of the molecule is COc1cc(C=C(C(=O)N[C@@H](C)c2ccccc2)C(=O)N[C@H](C)c2ccccc2)cc(OC)c1O. The molecule has 7 nitrogen and oxygen atoms in total. The van der Waals surface area contributed by atoms with Crippen molar-refractivity contribution in [2.75, 3.05) is 14.2 Å². The van der Waals surface area contributed by atoms with Crippen LogP contribution < -0.4 is 20.1 Å². The van der Waals surface area contributed by atoms with Gasteiger partial charge in [0.05, 0.1) is 26.3 Å². The number of ether oxygens (including phenoxy) is 2. The molecule has 7 heteroatoms. The van der Waals surface area contributed by atoms with Crippen molar-refractivity contribution in [3.8, 4) is 17.2 Å². The molecule has 3 N–H and O–H groups in total. The van der Waals surface area contributed by atoms with Gasteiger partial charge < -0.3 is 25.2 Å². The molecule has 2 amide bonds. The normalized spacial score (nSPS) is 12.9. The molecule has 182 valence electrons. The van der Waals surface area contributed by atoms with Crippen molar-refractivity contribution < 1.29 is 24.2 Å². The van der Waals surface area contributed by atoms with E-state index in [-0.39, 0.29) is 34.9 Å². The van der Waals surface area contributed by atoms with E-state index in [1.165, 1.54) is 32.4 Å². The third-order valence-corrected chi connectivity index (χ3v) is 5.60. The lowest BCUT2D eigenvalue weighted by atomic mass is 10.0. The van der Waals surface area contributed by atoms with Crippen LogP contribution in [0.1, 0.15) is 42.6 Å². The molecular formula is C28H30N2O5. The number of nitrogens with one attached hydrogen (secondary N) is 2. The average molecular weight is 475 g/mol. The Morgan fingerprint density at radius 1 is 0.771 bits per heavy atom. The molecule has 0 heterocycles. The Kier molecular flexibility index (Phi) is 8.51. The van der Waals surface area contributed by atoms with E-state index >= 15 is 0 Å². The number of benzene rings is 3. The molecule has 0 radical (unpaired) electrons. The summed E-state index contributed by atoms with van der Waals surface area (Å²) in [5.41, 5.74) is 2.18. The first kappa shape index (κ1) is 25.4. The van der Waals surface area contributed by atoms with Crippen LogP contribution in [0.15, 0.2) is 78.4 Å². The second kappa shape index (κ2) is 11.7. The van der Waals surface area contributed by atoms with Gasteiger partial charge in [-0.3, -0.25) is 9.59 Å². The smallest absolute Gasteiger partial charge is 0.257 e. The summed E-state index contributed by atoms with van der Waals surface area (Å²) in [4.78, 5) is 26.6. The van der Waals surface area contributed by atoms with E-state index in [1.807, 2.05) is 74.5 Å². The van der Waals surface area contributed by atoms with E-state index in [9.17, 15) is 14.7 Å². The molecule has 0 bridgehead atoms. The highest BCUT2D eigenvalue weighted by Crippen LogP contribution is 2.37. The van der Waals surface area contributed by atoms with E-state index < -0.39 is 11.8 Å². The second-order valence-corrected chi connectivity index (χ2v) is 8.04. The van der Waals surface area contributed by atoms with E-state index in [0.29, 0.717) is 5.56 Å². The number of rotatable bonds is 9. The number of hydrogen-bond acceptors (Lipinski definition) is 5. The highest BCUT2D eigenvalue weighted by atomic mass is 16.5. The van der Waals surface area contributed by atoms with E-state index in [1.54, 1.807) is 0 Å². The molecule has 0 unspecified atom stereocenters. The van der Waals surface area contributed by atoms with E-state index in [0.717, 1.165) is 11.1 Å². The highest BCUT2D eigenvalue weighted by molar-refractivity contribution is 6.21. The third-order valence-electron chi connectivity index (χ3n) is 5.60. The number of hydrogen-bond donors (Lipinski definition) is 3. The van der Waals surface area contributed by atoms with Crippen molar-refractivity contribution in [2.24, 2.45) is 0 Å². The Balaban J connectivity index is 1.96. The maximum atomic E-state index is 13.3. The highest BCUT2D eigenvalue weighted by Gasteiger charge is 2.23. The molecule has 0 fully saturated rings. The average Bonchev–Trinajstić information content (AvgIpc) is 2.88. The number of methoxy groups -OCH3 is 2. The molecule has 3 aromatic carbocycles. The van der Waals surface area contributed by atoms with Gasteiger partial charge in [0.1, 0.15) is 5.57 Å². The zero-order valence-corrected chi connectivity index (χ0v) is 20.2. The molecule has 0 aliphatic carbocycles. The van der Waals surface area contributed by atoms with Gasteiger partial charge in [0.2, 0.25) is 5.75 Å². The van der Waals surface area contributed by atoms with Crippen LogP contribution in [-0.4, -0.2) is 31.1 Å². The predicted octanol–water partition coefficient (Wildman–Crippen LogP) is 4.55. The molecular weight excluding hydrogens is 444 g/mol. The topological polar surface area (TPSA) is 96.9 Å². The summed E-state index contributed by atoms with van der Waals surface area (Å²) in [6.45, 7) is 3.70. The quantitative estimate of drug-likeness (QED) is 0.240. The van der Waals surface area contributed by atoms with Crippen LogP contribution in [0.2, 0.25) is 0 Å². The molecule has 3 rings (SSSR count). The Morgan fingerprint density at radius 2 is 1.17 bits per heavy atom. The third kappa shape index (κ3) is 6.41. The van der Waals surface area contributed by atoms with Gasteiger partial charge in [-0.2, -0.15) is 0 Å². The van der Waals surface area contributed by atoms with Crippen molar-refractivity contribution in [3.63, 3.8) is 0 Å². The molecule has 35 heavy (non-hydrogen) atoms. The predicted molar refractivity (Wildman–Crippen MR) is 135 cm³/mol. The number of amides is 2. The Morgan fingerprint density at radius 3 is 1.54 bits per heavy atom. The Bertz CT molecular complexity index is 1110. The summed E-state index contributed by atoms with van der Waals surface area (Å²) in [7, 11) is 2.82. The van der Waals surface area contributed by atoms with Crippen molar-refractivity contribution in [1.29, 1.82) is 0 Å². The minimum Gasteiger partial charge on any atom is -0.502 e. The minimum atomic E-state index is -0.537. The second-order valence-electron chi connectivity index (χ2n) is 8.04. The maximum absolute atomic E-state index is 13.3. The van der Waals surface area contributed by atoms with Crippen LogP contribution in [0, 0.1) is 0 Å². The van der Waals surface area contributed by atoms with Gasteiger partial charge in [-0.1, -0.05) is 60.7 Å². The molecule has 0 aliphatic heterocycles. The fourth-order valence-corrected chi connectivity index (χ4v) is 3.60. The van der Waals surface area contributed by atoms with E-state index in [2.05, 4.69) is 10.6 Å². The van der Waals surface area contributed by atoms with Crippen LogP contribution in [0.3, 0.4) is 0 Å². The summed E-state index contributed by atoms with van der Waals surface area (Å²) in [6.07, 6.45) is 1.45. The van der Waals surface area contributed by atoms with Gasteiger partial charge in [-0.05, 0) is 48.7 Å². The molecule has 0 spiro atoms. The number of aromatic hydroxyl groups is 1. The lowest BCUT2D eigenvalue weighted by molar-refractivity contribution is -0.124. The van der Waals surface area contributed by atoms with Crippen molar-refractivity contribution in [3.05, 3.63) is 95.1 Å². The molecule has 2 atom stereocenters. The standard InChI is InChI=1S/C28H30N2O5/c1-18(21-11-7-5-8-12-21)29-27(32)23(28(33)30-19(2)22-13-9-6-10-14-22)15-20-16-24(34-3)26(31)25(17-20)35-4/h5-19,31H,1-4H3,(H,29,32)(H,30,33)/t18-,19+. The molecule has 0 saturated carbocycles. The zero-order chi connectivity index (χ0) is 25.4. The maximum Gasteiger partial charge on any atom is 0.257 e. The lowest BCUT2D eigenvalue weighted by Gasteiger charge is -2.19. The first-order valence-corrected chi connectivity index (χ1v) is 11.2. The summed E-state index contributed by atoms with van der Waals surface area (Å²) in [5, 5.41) is 16.0. The van der Waals surface area contributed by atoms with Gasteiger partial charge in [0, 0.05) is 0 Å². The molecule has 3 aromatic rings. The van der Waals surface area contributed by atoms with Gasteiger partial charge in [-0.15, -0.1) is 0 Å². The molecule has 0 saturated heterocycles. The van der Waals surface area contributed by atoms with Crippen LogP contribution in [-0.2, 0) is 9.59 Å². The lowest BCUT2D eigenvalue weighted by Crippen LogP contribution is -2.36. The first-order valence-electron chi connectivity index (χ1n) is 11.2. The van der Waals surface area contributed by atoms with Crippen molar-refractivity contribution >= 4 is 17.9 Å². The van der Waals surface area contributed by atoms with Crippen molar-refractivity contribution in [1.82, 2.24) is 10.6 Å². The van der Waals surface area contributed by atoms with Crippen LogP contribution in [0.5, 0.6) is 17.2 Å². The molecule has 0 aromatic heterocycles. The minimum absolute atomic E-state index is 0.0923. The number of carbonyl (C=O) groups excluding carboxylic acids is 2.